The molecule has 0 heterocycles. The molecule has 0 aromatic heterocycles. The molecule has 1 atom stereocenters. The minimum absolute atomic E-state index is 0.129. The highest BCUT2D eigenvalue weighted by Gasteiger charge is 2.67. The van der Waals surface area contributed by atoms with Gasteiger partial charge in [-0.25, -0.2) is 0 Å². The molecule has 0 radical (unpaired) electrons. The molecule has 0 aliphatic heterocycles. The lowest BCUT2D eigenvalue weighted by Gasteiger charge is -2.16. The first-order valence-corrected chi connectivity index (χ1v) is 6.54. The zero-order valence-corrected chi connectivity index (χ0v) is 10.6. The van der Waals surface area contributed by atoms with E-state index < -0.39 is 11.4 Å². The van der Waals surface area contributed by atoms with Crippen LogP contribution in [-0.4, -0.2) is 17.3 Å². The Morgan fingerprint density at radius 3 is 2.50 bits per heavy atom. The smallest absolute Gasteiger partial charge is 0.314 e. The number of benzene rings is 1. The Kier molecular flexibility index (Phi) is 2.54. The molecule has 86 valence electrons. The quantitative estimate of drug-likeness (QED) is 0.819. The standard InChI is InChI=1S/C13H16O2S/c1-12(2)8-13(12,11(14)15)9-5-4-6-10(7-9)16-3/h4-7H,8H2,1-3H3,(H,14,15). The Bertz CT molecular complexity index is 439. The number of thioether (sulfide) groups is 1. The van der Waals surface area contributed by atoms with E-state index in [1.165, 1.54) is 0 Å². The van der Waals surface area contributed by atoms with E-state index in [2.05, 4.69) is 0 Å². The molecule has 0 saturated heterocycles. The lowest BCUT2D eigenvalue weighted by molar-refractivity contribution is -0.141. The van der Waals surface area contributed by atoms with Gasteiger partial charge in [-0.1, -0.05) is 26.0 Å². The number of aliphatic carboxylic acids is 1. The van der Waals surface area contributed by atoms with E-state index >= 15 is 0 Å². The van der Waals surface area contributed by atoms with Crippen molar-refractivity contribution in [2.24, 2.45) is 5.41 Å². The van der Waals surface area contributed by atoms with Gasteiger partial charge < -0.3 is 5.11 Å². The number of hydrogen-bond donors (Lipinski definition) is 1. The van der Waals surface area contributed by atoms with Crippen LogP contribution in [0, 0.1) is 5.41 Å². The molecule has 0 amide bonds. The first kappa shape index (κ1) is 11.5. The van der Waals surface area contributed by atoms with Crippen molar-refractivity contribution in [2.45, 2.75) is 30.6 Å². The second kappa shape index (κ2) is 3.52. The van der Waals surface area contributed by atoms with Crippen molar-refractivity contribution < 1.29 is 9.90 Å². The van der Waals surface area contributed by atoms with Crippen LogP contribution < -0.4 is 0 Å². The molecule has 1 aliphatic carbocycles. The molecule has 3 heteroatoms. The molecule has 1 N–H and O–H groups in total. The molecule has 1 saturated carbocycles. The van der Waals surface area contributed by atoms with E-state index in [9.17, 15) is 9.90 Å². The van der Waals surface area contributed by atoms with E-state index in [0.717, 1.165) is 16.9 Å². The van der Waals surface area contributed by atoms with Crippen LogP contribution >= 0.6 is 11.8 Å². The number of carboxylic acid groups (broad SMARTS) is 1. The fourth-order valence-corrected chi connectivity index (χ4v) is 2.95. The predicted molar refractivity (Wildman–Crippen MR) is 65.9 cm³/mol. The Morgan fingerprint density at radius 2 is 2.06 bits per heavy atom. The van der Waals surface area contributed by atoms with E-state index in [1.54, 1.807) is 11.8 Å². The average Bonchev–Trinajstić information content (AvgIpc) is 2.83. The summed E-state index contributed by atoms with van der Waals surface area (Å²) in [6.07, 6.45) is 2.73. The van der Waals surface area contributed by atoms with Crippen LogP contribution in [0.5, 0.6) is 0 Å². The van der Waals surface area contributed by atoms with Gasteiger partial charge in [0.25, 0.3) is 0 Å². The summed E-state index contributed by atoms with van der Waals surface area (Å²) in [6, 6.07) is 7.90. The maximum atomic E-state index is 11.5. The van der Waals surface area contributed by atoms with Gasteiger partial charge in [-0.3, -0.25) is 4.79 Å². The summed E-state index contributed by atoms with van der Waals surface area (Å²) in [4.78, 5) is 12.6. The van der Waals surface area contributed by atoms with Crippen LogP contribution in [0.2, 0.25) is 0 Å². The summed E-state index contributed by atoms with van der Waals surface area (Å²) in [6.45, 7) is 4.04. The maximum absolute atomic E-state index is 11.5. The third-order valence-corrected chi connectivity index (χ3v) is 4.39. The summed E-state index contributed by atoms with van der Waals surface area (Å²) in [5, 5.41) is 9.45. The third kappa shape index (κ3) is 1.46. The Morgan fingerprint density at radius 1 is 1.44 bits per heavy atom. The predicted octanol–water partition coefficient (Wildman–Crippen LogP) is 3.16. The van der Waals surface area contributed by atoms with E-state index in [-0.39, 0.29) is 5.41 Å². The number of carboxylic acids is 1. The lowest BCUT2D eigenvalue weighted by Crippen LogP contribution is -2.25. The first-order valence-electron chi connectivity index (χ1n) is 5.32. The van der Waals surface area contributed by atoms with Gasteiger partial charge in [0.05, 0.1) is 5.41 Å². The minimum Gasteiger partial charge on any atom is -0.481 e. The van der Waals surface area contributed by atoms with Crippen molar-refractivity contribution >= 4 is 17.7 Å². The fourth-order valence-electron chi connectivity index (χ4n) is 2.49. The first-order chi connectivity index (χ1) is 7.44. The van der Waals surface area contributed by atoms with Crippen molar-refractivity contribution in [3.8, 4) is 0 Å². The molecule has 1 aromatic rings. The van der Waals surface area contributed by atoms with Gasteiger partial charge in [0.2, 0.25) is 0 Å². The molecule has 1 aliphatic rings. The molecule has 16 heavy (non-hydrogen) atoms. The monoisotopic (exact) mass is 236 g/mol. The molecular weight excluding hydrogens is 220 g/mol. The van der Waals surface area contributed by atoms with Gasteiger partial charge in [-0.2, -0.15) is 0 Å². The number of carbonyl (C=O) groups is 1. The van der Waals surface area contributed by atoms with E-state index in [1.807, 2.05) is 44.4 Å². The van der Waals surface area contributed by atoms with Crippen LogP contribution in [0.25, 0.3) is 0 Å². The Labute approximate surface area is 100 Å². The van der Waals surface area contributed by atoms with Crippen LogP contribution in [0.15, 0.2) is 29.2 Å². The van der Waals surface area contributed by atoms with Gasteiger partial charge in [-0.15, -0.1) is 11.8 Å². The molecule has 1 fully saturated rings. The van der Waals surface area contributed by atoms with Crippen LogP contribution in [-0.2, 0) is 10.2 Å². The second-order valence-corrected chi connectivity index (χ2v) is 5.88. The second-order valence-electron chi connectivity index (χ2n) is 5.00. The summed E-state index contributed by atoms with van der Waals surface area (Å²) >= 11 is 1.65. The van der Waals surface area contributed by atoms with Crippen molar-refractivity contribution in [3.05, 3.63) is 29.8 Å². The number of hydrogen-bond acceptors (Lipinski definition) is 2. The molecular formula is C13H16O2S. The van der Waals surface area contributed by atoms with Crippen molar-refractivity contribution in [1.82, 2.24) is 0 Å². The van der Waals surface area contributed by atoms with Crippen molar-refractivity contribution in [3.63, 3.8) is 0 Å². The maximum Gasteiger partial charge on any atom is 0.314 e. The van der Waals surface area contributed by atoms with Crippen LogP contribution in [0.1, 0.15) is 25.8 Å². The van der Waals surface area contributed by atoms with Gasteiger partial charge in [0.1, 0.15) is 0 Å². The Balaban J connectivity index is 2.47. The van der Waals surface area contributed by atoms with E-state index in [4.69, 9.17) is 0 Å². The Hall–Kier alpha value is -0.960. The normalized spacial score (nSPS) is 26.4. The summed E-state index contributed by atoms with van der Waals surface area (Å²) < 4.78 is 0. The lowest BCUT2D eigenvalue weighted by atomic mass is 9.88. The zero-order chi connectivity index (χ0) is 12.0. The highest BCUT2D eigenvalue weighted by molar-refractivity contribution is 7.98. The highest BCUT2D eigenvalue weighted by Crippen LogP contribution is 2.64. The molecule has 1 aromatic carbocycles. The zero-order valence-electron chi connectivity index (χ0n) is 9.78. The summed E-state index contributed by atoms with van der Waals surface area (Å²) in [5.74, 6) is -0.698. The third-order valence-electron chi connectivity index (χ3n) is 3.67. The topological polar surface area (TPSA) is 37.3 Å². The van der Waals surface area contributed by atoms with Crippen molar-refractivity contribution in [1.29, 1.82) is 0 Å². The van der Waals surface area contributed by atoms with Crippen molar-refractivity contribution in [2.75, 3.05) is 6.26 Å². The molecule has 2 rings (SSSR count). The molecule has 1 unspecified atom stereocenters. The SMILES string of the molecule is CSc1cccc(C2(C(=O)O)CC2(C)C)c1. The van der Waals surface area contributed by atoms with Crippen LogP contribution in [0.3, 0.4) is 0 Å². The molecule has 0 spiro atoms. The van der Waals surface area contributed by atoms with Gasteiger partial charge in [0.15, 0.2) is 0 Å². The highest BCUT2D eigenvalue weighted by atomic mass is 32.2. The van der Waals surface area contributed by atoms with Crippen LogP contribution in [0.4, 0.5) is 0 Å². The van der Waals surface area contributed by atoms with Gasteiger partial charge in [0, 0.05) is 4.90 Å². The van der Waals surface area contributed by atoms with Gasteiger partial charge in [-0.05, 0) is 35.8 Å². The summed E-state index contributed by atoms with van der Waals surface area (Å²) in [7, 11) is 0. The minimum atomic E-state index is -0.698. The molecule has 0 bridgehead atoms. The fraction of sp³-hybridized carbons (Fsp3) is 0.462. The average molecular weight is 236 g/mol. The van der Waals surface area contributed by atoms with Gasteiger partial charge >= 0.3 is 5.97 Å². The number of rotatable bonds is 3. The van der Waals surface area contributed by atoms with E-state index in [0.29, 0.717) is 0 Å². The summed E-state index contributed by atoms with van der Waals surface area (Å²) in [5.41, 5.74) is 0.145. The molecule has 2 nitrogen and oxygen atoms in total. The largest absolute Gasteiger partial charge is 0.481 e.